The number of carbonyl (C=O) groups excluding carboxylic acids is 1. The lowest BCUT2D eigenvalue weighted by Crippen LogP contribution is -2.10. The summed E-state index contributed by atoms with van der Waals surface area (Å²) in [6.45, 7) is 6.09. The highest BCUT2D eigenvalue weighted by molar-refractivity contribution is 6.28. The van der Waals surface area contributed by atoms with Crippen molar-refractivity contribution in [3.05, 3.63) is 22.7 Å². The lowest BCUT2D eigenvalue weighted by Gasteiger charge is -2.10. The molecule has 0 heterocycles. The molecule has 0 aliphatic carbocycles. The summed E-state index contributed by atoms with van der Waals surface area (Å²) in [5, 5.41) is 0. The van der Waals surface area contributed by atoms with E-state index in [2.05, 4.69) is 6.92 Å². The zero-order valence-corrected chi connectivity index (χ0v) is 10.5. The van der Waals surface area contributed by atoms with Gasteiger partial charge in [-0.1, -0.05) is 30.5 Å². The Kier molecular flexibility index (Phi) is 6.84. The second-order valence-corrected chi connectivity index (χ2v) is 3.72. The summed E-state index contributed by atoms with van der Waals surface area (Å²) in [6, 6.07) is 0. The van der Waals surface area contributed by atoms with Crippen LogP contribution < -0.4 is 0 Å². The van der Waals surface area contributed by atoms with Crippen molar-refractivity contribution in [2.45, 2.75) is 40.0 Å². The van der Waals surface area contributed by atoms with Crippen LogP contribution in [0.4, 0.5) is 0 Å². The van der Waals surface area contributed by atoms with E-state index in [4.69, 9.17) is 4.74 Å². The zero-order valence-electron chi connectivity index (χ0n) is 10.5. The predicted octanol–water partition coefficient (Wildman–Crippen LogP) is 2.20. The lowest BCUT2D eigenvalue weighted by atomic mass is 9.84. The first-order valence-electron chi connectivity index (χ1n) is 5.49. The van der Waals surface area contributed by atoms with Gasteiger partial charge in [0.2, 0.25) is 0 Å². The highest BCUT2D eigenvalue weighted by Crippen LogP contribution is 2.18. The maximum Gasteiger partial charge on any atom is 0.337 e. The minimum absolute atomic E-state index is 0.223. The molecular weight excluding hydrogens is 187 g/mol. The maximum atomic E-state index is 11.6. The topological polar surface area (TPSA) is 26.3 Å². The number of hydrogen-bond acceptors (Lipinski definition) is 2. The van der Waals surface area contributed by atoms with Gasteiger partial charge in [0, 0.05) is 0 Å². The van der Waals surface area contributed by atoms with Crippen LogP contribution in [-0.4, -0.2) is 20.9 Å². The van der Waals surface area contributed by atoms with Crippen molar-refractivity contribution in [1.29, 1.82) is 0 Å². The van der Waals surface area contributed by atoms with Gasteiger partial charge in [-0.25, -0.2) is 4.79 Å². The summed E-state index contributed by atoms with van der Waals surface area (Å²) in [5.74, 6) is -0.223. The van der Waals surface area contributed by atoms with Gasteiger partial charge in [-0.15, -0.1) is 0 Å². The van der Waals surface area contributed by atoms with Gasteiger partial charge in [-0.2, -0.15) is 0 Å². The second kappa shape index (κ2) is 7.33. The standard InChI is InChI=1S/C12H21BO2/c1-5-7-8-9(3)11(10(13)6-2)12(14)15-4/h6H,5,7-8,13H2,1-4H3/b10-6+,11-9-. The van der Waals surface area contributed by atoms with Crippen molar-refractivity contribution < 1.29 is 9.53 Å². The molecule has 3 heteroatoms. The Morgan fingerprint density at radius 3 is 2.47 bits per heavy atom. The van der Waals surface area contributed by atoms with Gasteiger partial charge in [0.05, 0.1) is 12.7 Å². The first-order chi connectivity index (χ1) is 7.08. The largest absolute Gasteiger partial charge is 0.465 e. The van der Waals surface area contributed by atoms with Crippen LogP contribution in [0.3, 0.4) is 0 Å². The molecule has 0 aromatic carbocycles. The molecule has 0 saturated carbocycles. The van der Waals surface area contributed by atoms with Crippen LogP contribution in [0.15, 0.2) is 22.7 Å². The Bertz CT molecular complexity index is 277. The van der Waals surface area contributed by atoms with Crippen LogP contribution in [0, 0.1) is 0 Å². The number of rotatable bonds is 5. The van der Waals surface area contributed by atoms with Crippen LogP contribution >= 0.6 is 0 Å². The number of esters is 1. The number of unbranched alkanes of at least 4 members (excludes halogenated alkanes) is 1. The van der Waals surface area contributed by atoms with Gasteiger partial charge in [-0.05, 0) is 26.7 Å². The molecule has 84 valence electrons. The molecule has 0 bridgehead atoms. The summed E-state index contributed by atoms with van der Waals surface area (Å²) in [7, 11) is 3.38. The minimum Gasteiger partial charge on any atom is -0.465 e. The van der Waals surface area contributed by atoms with Crippen LogP contribution in [0.5, 0.6) is 0 Å². The monoisotopic (exact) mass is 208 g/mol. The first kappa shape index (κ1) is 14.0. The van der Waals surface area contributed by atoms with Crippen LogP contribution in [0.1, 0.15) is 40.0 Å². The average molecular weight is 208 g/mol. The van der Waals surface area contributed by atoms with E-state index < -0.39 is 0 Å². The van der Waals surface area contributed by atoms with Gasteiger partial charge in [0.25, 0.3) is 0 Å². The highest BCUT2D eigenvalue weighted by atomic mass is 16.5. The molecule has 0 radical (unpaired) electrons. The predicted molar refractivity (Wildman–Crippen MR) is 66.5 cm³/mol. The molecule has 0 atom stereocenters. The van der Waals surface area contributed by atoms with Gasteiger partial charge in [-0.3, -0.25) is 0 Å². The molecule has 15 heavy (non-hydrogen) atoms. The minimum atomic E-state index is -0.223. The Labute approximate surface area is 93.8 Å². The number of carbonyl (C=O) groups is 1. The fourth-order valence-corrected chi connectivity index (χ4v) is 1.49. The van der Waals surface area contributed by atoms with E-state index in [0.717, 1.165) is 35.9 Å². The van der Waals surface area contributed by atoms with Gasteiger partial charge >= 0.3 is 5.97 Å². The molecule has 0 amide bonds. The fourth-order valence-electron chi connectivity index (χ4n) is 1.49. The number of ether oxygens (including phenoxy) is 1. The van der Waals surface area contributed by atoms with Gasteiger partial charge in [0.15, 0.2) is 0 Å². The quantitative estimate of drug-likeness (QED) is 0.299. The SMILES string of the molecule is BC(=C/C)/C(C(=O)OC)=C(\C)CCCC. The third-order valence-corrected chi connectivity index (χ3v) is 2.55. The Hall–Kier alpha value is -0.985. The molecule has 0 aliphatic rings. The Morgan fingerprint density at radius 1 is 1.47 bits per heavy atom. The van der Waals surface area contributed by atoms with Crippen molar-refractivity contribution >= 4 is 13.8 Å². The molecular formula is C12H21BO2. The molecule has 0 aromatic heterocycles. The Balaban J connectivity index is 4.98. The van der Waals surface area contributed by atoms with Crippen LogP contribution in [0.25, 0.3) is 0 Å². The fraction of sp³-hybridized carbons (Fsp3) is 0.583. The Morgan fingerprint density at radius 2 is 2.07 bits per heavy atom. The summed E-state index contributed by atoms with van der Waals surface area (Å²) >= 11 is 0. The van der Waals surface area contributed by atoms with E-state index in [0.29, 0.717) is 0 Å². The lowest BCUT2D eigenvalue weighted by molar-refractivity contribution is -0.135. The summed E-state index contributed by atoms with van der Waals surface area (Å²) in [5.41, 5.74) is 2.86. The molecule has 0 aliphatic heterocycles. The van der Waals surface area contributed by atoms with Gasteiger partial charge in [0.1, 0.15) is 7.85 Å². The van der Waals surface area contributed by atoms with Crippen molar-refractivity contribution in [3.63, 3.8) is 0 Å². The molecule has 0 N–H and O–H groups in total. The van der Waals surface area contributed by atoms with E-state index in [-0.39, 0.29) is 5.97 Å². The van der Waals surface area contributed by atoms with E-state index in [1.54, 1.807) is 0 Å². The van der Waals surface area contributed by atoms with Crippen molar-refractivity contribution in [1.82, 2.24) is 0 Å². The highest BCUT2D eigenvalue weighted by Gasteiger charge is 2.13. The van der Waals surface area contributed by atoms with E-state index in [9.17, 15) is 4.79 Å². The molecule has 0 aromatic rings. The van der Waals surface area contributed by atoms with Crippen molar-refractivity contribution in [2.24, 2.45) is 0 Å². The summed E-state index contributed by atoms with van der Waals surface area (Å²) < 4.78 is 4.80. The van der Waals surface area contributed by atoms with E-state index in [1.165, 1.54) is 7.11 Å². The number of methoxy groups -OCH3 is 1. The molecule has 2 nitrogen and oxygen atoms in total. The van der Waals surface area contributed by atoms with E-state index in [1.807, 2.05) is 27.8 Å². The summed E-state index contributed by atoms with van der Waals surface area (Å²) in [4.78, 5) is 11.6. The van der Waals surface area contributed by atoms with Crippen molar-refractivity contribution in [3.8, 4) is 0 Å². The molecule has 0 rings (SSSR count). The third-order valence-electron chi connectivity index (χ3n) is 2.55. The van der Waals surface area contributed by atoms with Gasteiger partial charge < -0.3 is 4.74 Å². The number of allylic oxidation sites excluding steroid dienone is 2. The number of hydrogen-bond donors (Lipinski definition) is 0. The average Bonchev–Trinajstić information content (AvgIpc) is 2.25. The normalized spacial score (nSPS) is 13.5. The second-order valence-electron chi connectivity index (χ2n) is 3.72. The smallest absolute Gasteiger partial charge is 0.337 e. The zero-order chi connectivity index (χ0) is 11.8. The maximum absolute atomic E-state index is 11.6. The molecule has 0 saturated heterocycles. The van der Waals surface area contributed by atoms with Crippen molar-refractivity contribution in [2.75, 3.05) is 7.11 Å². The summed E-state index contributed by atoms with van der Waals surface area (Å²) in [6.07, 6.45) is 5.16. The molecule has 0 unspecified atom stereocenters. The molecule has 0 spiro atoms. The first-order valence-corrected chi connectivity index (χ1v) is 5.49. The van der Waals surface area contributed by atoms with E-state index >= 15 is 0 Å². The molecule has 0 fully saturated rings. The van der Waals surface area contributed by atoms with Crippen LogP contribution in [-0.2, 0) is 9.53 Å². The third kappa shape index (κ3) is 4.37. The van der Waals surface area contributed by atoms with Crippen LogP contribution in [0.2, 0.25) is 0 Å².